The Balaban J connectivity index is 2.75. The Kier molecular flexibility index (Phi) is 2.57. The van der Waals surface area contributed by atoms with Crippen molar-refractivity contribution in [2.45, 2.75) is 13.3 Å². The molecule has 0 amide bonds. The van der Waals surface area contributed by atoms with Gasteiger partial charge in [0.1, 0.15) is 0 Å². The number of hydrogen-bond donors (Lipinski definition) is 2. The number of anilines is 2. The lowest BCUT2D eigenvalue weighted by molar-refractivity contribution is 0.978. The van der Waals surface area contributed by atoms with Gasteiger partial charge in [0.05, 0.1) is 20.4 Å². The highest BCUT2D eigenvalue weighted by atomic mass is 32.1. The van der Waals surface area contributed by atoms with E-state index in [2.05, 4.69) is 12.2 Å². The van der Waals surface area contributed by atoms with Gasteiger partial charge in [-0.1, -0.05) is 31.4 Å². The molecule has 0 unspecified atom stereocenters. The molecule has 0 aliphatic heterocycles. The number of nitrogens with one attached hydrogen (secondary N) is 1. The first-order chi connectivity index (χ1) is 5.18. The third-order valence-electron chi connectivity index (χ3n) is 1.50. The highest BCUT2D eigenvalue weighted by molar-refractivity contribution is 7.74. The van der Waals surface area contributed by atoms with Crippen LogP contribution in [-0.4, -0.2) is 6.54 Å². The van der Waals surface area contributed by atoms with Crippen molar-refractivity contribution >= 4 is 35.8 Å². The SMILES string of the molecule is CCCNc1c(N)c(=S)c1=S. The maximum atomic E-state index is 5.59. The molecule has 4 heteroatoms. The molecule has 2 nitrogen and oxygen atoms in total. The lowest BCUT2D eigenvalue weighted by Crippen LogP contribution is -2.07. The summed E-state index contributed by atoms with van der Waals surface area (Å²) < 4.78 is 1.35. The van der Waals surface area contributed by atoms with E-state index in [1.54, 1.807) is 0 Å². The number of nitrogens with two attached hydrogens (primary N) is 1. The molecule has 0 heterocycles. The van der Waals surface area contributed by atoms with Crippen LogP contribution in [-0.2, 0) is 0 Å². The quantitative estimate of drug-likeness (QED) is 0.711. The van der Waals surface area contributed by atoms with Crippen LogP contribution in [0.3, 0.4) is 0 Å². The predicted molar refractivity (Wildman–Crippen MR) is 53.7 cm³/mol. The Hall–Kier alpha value is -0.480. The fraction of sp³-hybridized carbons (Fsp3) is 0.429. The van der Waals surface area contributed by atoms with Crippen LogP contribution in [0.1, 0.15) is 13.3 Å². The molecule has 1 aromatic carbocycles. The summed E-state index contributed by atoms with van der Waals surface area (Å²) in [6.07, 6.45) is 1.06. The molecule has 3 N–H and O–H groups in total. The van der Waals surface area contributed by atoms with Gasteiger partial charge in [-0.05, 0) is 6.42 Å². The number of hydrogen-bond acceptors (Lipinski definition) is 4. The molecular formula is C7H10N2S2. The average Bonchev–Trinajstić information content (AvgIpc) is 2.04. The molecule has 0 bridgehead atoms. The zero-order valence-electron chi connectivity index (χ0n) is 6.31. The van der Waals surface area contributed by atoms with Crippen molar-refractivity contribution in [1.82, 2.24) is 0 Å². The minimum atomic E-state index is 0.638. The summed E-state index contributed by atoms with van der Waals surface area (Å²) in [6.45, 7) is 2.99. The summed E-state index contributed by atoms with van der Waals surface area (Å²) in [7, 11) is 0. The highest BCUT2D eigenvalue weighted by Crippen LogP contribution is 2.28. The van der Waals surface area contributed by atoms with E-state index < -0.39 is 0 Å². The summed E-state index contributed by atoms with van der Waals surface area (Å²) in [5.41, 5.74) is 7.10. The Morgan fingerprint density at radius 1 is 1.36 bits per heavy atom. The lowest BCUT2D eigenvalue weighted by atomic mass is 10.2. The molecule has 0 radical (unpaired) electrons. The van der Waals surface area contributed by atoms with Gasteiger partial charge < -0.3 is 11.1 Å². The van der Waals surface area contributed by atoms with Crippen molar-refractivity contribution in [3.8, 4) is 0 Å². The lowest BCUT2D eigenvalue weighted by Gasteiger charge is -2.11. The first-order valence-corrected chi connectivity index (χ1v) is 4.32. The molecule has 11 heavy (non-hydrogen) atoms. The van der Waals surface area contributed by atoms with Crippen LogP contribution in [0.4, 0.5) is 11.4 Å². The fourth-order valence-corrected chi connectivity index (χ4v) is 1.33. The minimum absolute atomic E-state index is 0.638. The van der Waals surface area contributed by atoms with E-state index in [1.165, 1.54) is 0 Å². The van der Waals surface area contributed by atoms with Crippen molar-refractivity contribution in [1.29, 1.82) is 0 Å². The molecule has 0 aliphatic rings. The second-order valence-corrected chi connectivity index (χ2v) is 3.19. The van der Waals surface area contributed by atoms with Gasteiger partial charge in [-0.25, -0.2) is 0 Å². The van der Waals surface area contributed by atoms with Crippen molar-refractivity contribution in [3.05, 3.63) is 9.02 Å². The Morgan fingerprint density at radius 3 is 2.45 bits per heavy atom. The standard InChI is InChI=1S/C7H10N2S2/c1-2-3-9-5-4(8)6(10)7(5)11/h9H,2-3,8H2,1H3. The highest BCUT2D eigenvalue weighted by Gasteiger charge is 2.09. The number of rotatable bonds is 3. The largest absolute Gasteiger partial charge is 0.396 e. The number of nitrogen functional groups attached to an aromatic ring is 1. The van der Waals surface area contributed by atoms with Gasteiger partial charge in [-0.2, -0.15) is 0 Å². The van der Waals surface area contributed by atoms with Gasteiger partial charge in [0, 0.05) is 6.54 Å². The van der Waals surface area contributed by atoms with E-state index in [9.17, 15) is 0 Å². The molecule has 0 spiro atoms. The van der Waals surface area contributed by atoms with E-state index in [0.717, 1.165) is 18.7 Å². The molecule has 60 valence electrons. The topological polar surface area (TPSA) is 38.0 Å². The van der Waals surface area contributed by atoms with Gasteiger partial charge in [-0.15, -0.1) is 0 Å². The van der Waals surface area contributed by atoms with Crippen molar-refractivity contribution in [2.75, 3.05) is 17.6 Å². The average molecular weight is 186 g/mol. The molecular weight excluding hydrogens is 176 g/mol. The summed E-state index contributed by atoms with van der Waals surface area (Å²) >= 11 is 9.87. The Morgan fingerprint density at radius 2 is 2.00 bits per heavy atom. The first kappa shape index (κ1) is 8.62. The van der Waals surface area contributed by atoms with Gasteiger partial charge in [0.15, 0.2) is 0 Å². The van der Waals surface area contributed by atoms with Crippen molar-refractivity contribution < 1.29 is 0 Å². The van der Waals surface area contributed by atoms with Crippen molar-refractivity contribution in [3.63, 3.8) is 0 Å². The fourth-order valence-electron chi connectivity index (χ4n) is 0.835. The van der Waals surface area contributed by atoms with Crippen LogP contribution in [0, 0.1) is 9.02 Å². The predicted octanol–water partition coefficient (Wildman–Crippen LogP) is 2.43. The second-order valence-electron chi connectivity index (χ2n) is 2.37. The summed E-state index contributed by atoms with van der Waals surface area (Å²) in [4.78, 5) is 0. The van der Waals surface area contributed by atoms with Crippen LogP contribution in [0.25, 0.3) is 0 Å². The first-order valence-electron chi connectivity index (χ1n) is 3.51. The summed E-state index contributed by atoms with van der Waals surface area (Å²) in [6, 6.07) is 0. The molecule has 0 aliphatic carbocycles. The Bertz CT molecular complexity index is 323. The van der Waals surface area contributed by atoms with Gasteiger partial charge in [0.2, 0.25) is 0 Å². The van der Waals surface area contributed by atoms with E-state index in [4.69, 9.17) is 30.2 Å². The zero-order valence-corrected chi connectivity index (χ0v) is 7.94. The van der Waals surface area contributed by atoms with E-state index in [1.807, 2.05) is 0 Å². The zero-order chi connectivity index (χ0) is 8.43. The molecule has 0 saturated heterocycles. The van der Waals surface area contributed by atoms with Gasteiger partial charge in [-0.3, -0.25) is 0 Å². The molecule has 1 aromatic rings. The summed E-state index contributed by atoms with van der Waals surface area (Å²) in [5.74, 6) is 0. The van der Waals surface area contributed by atoms with E-state index in [0.29, 0.717) is 14.7 Å². The summed E-state index contributed by atoms with van der Waals surface area (Å²) in [5, 5.41) is 3.12. The van der Waals surface area contributed by atoms with E-state index in [-0.39, 0.29) is 0 Å². The van der Waals surface area contributed by atoms with Crippen LogP contribution >= 0.6 is 24.4 Å². The normalized spacial score (nSPS) is 10.3. The second kappa shape index (κ2) is 3.28. The monoisotopic (exact) mass is 186 g/mol. The Labute approximate surface area is 76.1 Å². The van der Waals surface area contributed by atoms with Crippen LogP contribution in [0.15, 0.2) is 0 Å². The maximum Gasteiger partial charge on any atom is 0.0832 e. The maximum absolute atomic E-state index is 5.59. The molecule has 0 fully saturated rings. The smallest absolute Gasteiger partial charge is 0.0832 e. The molecule has 1 rings (SSSR count). The van der Waals surface area contributed by atoms with E-state index >= 15 is 0 Å². The van der Waals surface area contributed by atoms with Crippen molar-refractivity contribution in [2.24, 2.45) is 0 Å². The third-order valence-corrected chi connectivity index (χ3v) is 2.46. The van der Waals surface area contributed by atoms with Crippen LogP contribution in [0.2, 0.25) is 0 Å². The third kappa shape index (κ3) is 1.41. The molecule has 0 saturated carbocycles. The van der Waals surface area contributed by atoms with Crippen LogP contribution in [0.5, 0.6) is 0 Å². The molecule has 0 aromatic heterocycles. The van der Waals surface area contributed by atoms with Gasteiger partial charge in [0.25, 0.3) is 0 Å². The molecule has 0 atom stereocenters. The minimum Gasteiger partial charge on any atom is -0.396 e. The van der Waals surface area contributed by atoms with Gasteiger partial charge >= 0.3 is 0 Å². The van der Waals surface area contributed by atoms with Crippen LogP contribution < -0.4 is 11.1 Å².